The molecule has 0 amide bonds. The van der Waals surface area contributed by atoms with Gasteiger partial charge in [0.2, 0.25) is 0 Å². The molecule has 0 saturated heterocycles. The summed E-state index contributed by atoms with van der Waals surface area (Å²) in [5, 5.41) is 11.6. The monoisotopic (exact) mass is 480 g/mol. The minimum Gasteiger partial charge on any atom is -0.450 e. The van der Waals surface area contributed by atoms with Crippen molar-refractivity contribution in [3.63, 3.8) is 0 Å². The Bertz CT molecular complexity index is 805. The molecule has 0 aliphatic heterocycles. The number of esters is 1. The molecule has 30 heavy (non-hydrogen) atoms. The van der Waals surface area contributed by atoms with Crippen LogP contribution in [0.25, 0.3) is 0 Å². The maximum absolute atomic E-state index is 13.2. The average Bonchev–Trinajstić information content (AvgIpc) is 3.00. The Labute approximate surface area is 187 Å². The molecule has 4 aliphatic rings. The third-order valence-corrected chi connectivity index (χ3v) is 9.67. The second-order valence-corrected chi connectivity index (χ2v) is 10.9. The highest BCUT2D eigenvalue weighted by atomic mass is 79.9. The van der Waals surface area contributed by atoms with E-state index in [2.05, 4.69) is 29.8 Å². The van der Waals surface area contributed by atoms with Gasteiger partial charge in [0.25, 0.3) is 0 Å². The van der Waals surface area contributed by atoms with Gasteiger partial charge >= 0.3 is 5.97 Å². The van der Waals surface area contributed by atoms with Gasteiger partial charge in [-0.2, -0.15) is 0 Å². The van der Waals surface area contributed by atoms with E-state index in [-0.39, 0.29) is 52.5 Å². The molecule has 0 radical (unpaired) electrons. The van der Waals surface area contributed by atoms with Crippen LogP contribution in [0.5, 0.6) is 0 Å². The molecular formula is C24H33BrO5. The van der Waals surface area contributed by atoms with Crippen LogP contribution in [0.15, 0.2) is 11.6 Å². The van der Waals surface area contributed by atoms with Crippen molar-refractivity contribution in [3.8, 4) is 0 Å². The molecule has 4 rings (SSSR count). The summed E-state index contributed by atoms with van der Waals surface area (Å²) in [4.78, 5) is 37.6. The van der Waals surface area contributed by atoms with Crippen LogP contribution >= 0.6 is 15.9 Å². The number of rotatable bonds is 4. The summed E-state index contributed by atoms with van der Waals surface area (Å²) in [7, 11) is 0. The van der Waals surface area contributed by atoms with E-state index in [0.29, 0.717) is 19.3 Å². The van der Waals surface area contributed by atoms with Crippen LogP contribution in [0.2, 0.25) is 0 Å². The Morgan fingerprint density at radius 3 is 2.63 bits per heavy atom. The minimum atomic E-state index is -1.17. The first-order chi connectivity index (χ1) is 14.1. The van der Waals surface area contributed by atoms with E-state index in [4.69, 9.17) is 4.74 Å². The number of allylic oxidation sites excluding steroid dienone is 1. The van der Waals surface area contributed by atoms with Crippen molar-refractivity contribution in [2.24, 2.45) is 28.6 Å². The molecule has 7 atom stereocenters. The van der Waals surface area contributed by atoms with Gasteiger partial charge in [-0.25, -0.2) is 0 Å². The first-order valence-electron chi connectivity index (χ1n) is 11.4. The molecule has 0 bridgehead atoms. The lowest BCUT2D eigenvalue weighted by Crippen LogP contribution is -2.63. The van der Waals surface area contributed by atoms with Crippen molar-refractivity contribution in [2.45, 2.75) is 83.8 Å². The lowest BCUT2D eigenvalue weighted by molar-refractivity contribution is -0.199. The topological polar surface area (TPSA) is 80.7 Å². The zero-order chi connectivity index (χ0) is 21.9. The van der Waals surface area contributed by atoms with Crippen molar-refractivity contribution in [3.05, 3.63) is 11.6 Å². The van der Waals surface area contributed by atoms with Gasteiger partial charge in [-0.15, -0.1) is 0 Å². The smallest absolute Gasteiger partial charge is 0.306 e. The lowest BCUT2D eigenvalue weighted by Gasteiger charge is -2.60. The van der Waals surface area contributed by atoms with Gasteiger partial charge < -0.3 is 9.84 Å². The van der Waals surface area contributed by atoms with Gasteiger partial charge in [0.15, 0.2) is 17.2 Å². The van der Waals surface area contributed by atoms with E-state index >= 15 is 0 Å². The summed E-state index contributed by atoms with van der Waals surface area (Å²) in [6, 6.07) is 0. The molecule has 0 aromatic carbocycles. The fraction of sp³-hybridized carbons (Fsp3) is 0.792. The van der Waals surface area contributed by atoms with Crippen molar-refractivity contribution >= 4 is 33.5 Å². The summed E-state index contributed by atoms with van der Waals surface area (Å²) in [5.74, 6) is 0.319. The van der Waals surface area contributed by atoms with Crippen LogP contribution in [0.4, 0.5) is 0 Å². The average molecular weight is 481 g/mol. The molecule has 4 aliphatic carbocycles. The number of hydrogen-bond donors (Lipinski definition) is 1. The molecule has 0 heterocycles. The highest BCUT2D eigenvalue weighted by molar-refractivity contribution is 9.09. The number of carbonyl (C=O) groups excluding carboxylic acids is 3. The Morgan fingerprint density at radius 2 is 1.97 bits per heavy atom. The Hall–Kier alpha value is -1.01. The largest absolute Gasteiger partial charge is 0.450 e. The van der Waals surface area contributed by atoms with Crippen molar-refractivity contribution in [1.29, 1.82) is 0 Å². The quantitative estimate of drug-likeness (QED) is 0.482. The molecule has 166 valence electrons. The number of carbonyl (C=O) groups is 3. The number of aliphatic hydroxyl groups is 1. The summed E-state index contributed by atoms with van der Waals surface area (Å²) in [5.41, 5.74) is -0.714. The molecule has 1 N–H and O–H groups in total. The normalized spacial score (nSPS) is 45.1. The van der Waals surface area contributed by atoms with E-state index in [1.807, 2.05) is 6.08 Å². The SMILES string of the molecule is CCC(=O)O[C@]1(C(=O)CBr)CC[C@H]2[C@@H]3CCC4=CC(=O)CC[C@]4(C)[C@H]3[C@@H](O)C[C@@]21C. The van der Waals surface area contributed by atoms with Gasteiger partial charge in [-0.1, -0.05) is 42.3 Å². The first-order valence-corrected chi connectivity index (χ1v) is 12.5. The lowest BCUT2D eigenvalue weighted by atomic mass is 9.45. The van der Waals surface area contributed by atoms with Gasteiger partial charge in [0, 0.05) is 18.3 Å². The van der Waals surface area contributed by atoms with Crippen LogP contribution in [0, 0.1) is 28.6 Å². The number of fused-ring (bicyclic) bond motifs is 5. The predicted molar refractivity (Wildman–Crippen MR) is 116 cm³/mol. The van der Waals surface area contributed by atoms with E-state index in [1.54, 1.807) is 6.92 Å². The second-order valence-electron chi connectivity index (χ2n) is 10.3. The Kier molecular flexibility index (Phi) is 5.58. The third kappa shape index (κ3) is 2.92. The molecular weight excluding hydrogens is 448 g/mol. The van der Waals surface area contributed by atoms with E-state index in [1.165, 1.54) is 5.57 Å². The molecule has 3 fully saturated rings. The van der Waals surface area contributed by atoms with Crippen molar-refractivity contribution < 1.29 is 24.2 Å². The van der Waals surface area contributed by atoms with Crippen molar-refractivity contribution in [1.82, 2.24) is 0 Å². The number of aliphatic hydroxyl groups excluding tert-OH is 1. The second kappa shape index (κ2) is 7.54. The number of hydrogen-bond acceptors (Lipinski definition) is 5. The molecule has 6 heteroatoms. The number of ketones is 2. The van der Waals surface area contributed by atoms with Crippen LogP contribution in [-0.4, -0.2) is 39.7 Å². The molecule has 0 unspecified atom stereocenters. The number of Topliss-reactive ketones (excluding diaryl/α,β-unsaturated/α-hetero) is 1. The van der Waals surface area contributed by atoms with Crippen molar-refractivity contribution in [2.75, 3.05) is 5.33 Å². The summed E-state index contributed by atoms with van der Waals surface area (Å²) in [6.45, 7) is 6.03. The van der Waals surface area contributed by atoms with E-state index < -0.39 is 17.1 Å². The maximum atomic E-state index is 13.2. The first kappa shape index (κ1) is 22.2. The van der Waals surface area contributed by atoms with Gasteiger partial charge in [-0.05, 0) is 67.8 Å². The molecule has 5 nitrogen and oxygen atoms in total. The van der Waals surface area contributed by atoms with Crippen LogP contribution in [-0.2, 0) is 19.1 Å². The molecule has 3 saturated carbocycles. The maximum Gasteiger partial charge on any atom is 0.306 e. The summed E-state index contributed by atoms with van der Waals surface area (Å²) < 4.78 is 5.96. The summed E-state index contributed by atoms with van der Waals surface area (Å²) >= 11 is 3.31. The third-order valence-electron chi connectivity index (χ3n) is 9.16. The molecule has 0 spiro atoms. The highest BCUT2D eigenvalue weighted by Crippen LogP contribution is 2.68. The number of alkyl halides is 1. The number of halogens is 1. The van der Waals surface area contributed by atoms with E-state index in [0.717, 1.165) is 25.7 Å². The van der Waals surface area contributed by atoms with Crippen LogP contribution in [0.1, 0.15) is 72.1 Å². The molecule has 0 aromatic heterocycles. The summed E-state index contributed by atoms with van der Waals surface area (Å²) in [6.07, 6.45) is 6.39. The highest BCUT2D eigenvalue weighted by Gasteiger charge is 2.70. The number of ether oxygens (including phenoxy) is 1. The van der Waals surface area contributed by atoms with Gasteiger partial charge in [0.1, 0.15) is 0 Å². The van der Waals surface area contributed by atoms with Crippen LogP contribution in [0.3, 0.4) is 0 Å². The zero-order valence-corrected chi connectivity index (χ0v) is 19.8. The van der Waals surface area contributed by atoms with E-state index in [9.17, 15) is 19.5 Å². The fourth-order valence-electron chi connectivity index (χ4n) is 7.73. The molecule has 0 aromatic rings. The predicted octanol–water partition coefficient (Wildman–Crippen LogP) is 4.15. The minimum absolute atomic E-state index is 0.0837. The zero-order valence-electron chi connectivity index (χ0n) is 18.2. The van der Waals surface area contributed by atoms with Gasteiger partial charge in [0.05, 0.1) is 11.4 Å². The standard InChI is InChI=1S/C24H33BrO5/c1-4-20(29)30-24(19(28)13-25)10-8-17-16-6-5-14-11-15(26)7-9-22(14,2)21(16)18(27)12-23(17,24)3/h11,16-18,21,27H,4-10,12-13H2,1-3H3/t16-,17-,18-,21+,22-,23-,24-/m0/s1. The van der Waals surface area contributed by atoms with Gasteiger partial charge in [-0.3, -0.25) is 14.4 Å². The Morgan fingerprint density at radius 1 is 1.23 bits per heavy atom. The fourth-order valence-corrected chi connectivity index (χ4v) is 8.19. The Balaban J connectivity index is 1.75. The van der Waals surface area contributed by atoms with Crippen LogP contribution < -0.4 is 0 Å².